The minimum Gasteiger partial charge on any atom is -0.497 e. The molecule has 2 aliphatic rings. The molecule has 3 rings (SSSR count). The summed E-state index contributed by atoms with van der Waals surface area (Å²) in [5.74, 6) is 1.25. The van der Waals surface area contributed by atoms with Crippen LogP contribution in [0, 0.1) is 5.41 Å². The number of aromatic nitrogens is 4. The van der Waals surface area contributed by atoms with Crippen LogP contribution in [0.25, 0.3) is 5.82 Å². The predicted molar refractivity (Wildman–Crippen MR) is 90.2 cm³/mol. The van der Waals surface area contributed by atoms with Crippen LogP contribution < -0.4 is 21.1 Å². The fourth-order valence-corrected chi connectivity index (χ4v) is 2.65. The quantitative estimate of drug-likeness (QED) is 0.429. The van der Waals surface area contributed by atoms with Crippen LogP contribution in [0.3, 0.4) is 0 Å². The molecule has 3 N–H and O–H groups in total. The van der Waals surface area contributed by atoms with Gasteiger partial charge in [0.2, 0.25) is 5.36 Å². The number of nitrogens with one attached hydrogen (secondary N) is 2. The molecule has 0 saturated carbocycles. The molecule has 0 spiro atoms. The van der Waals surface area contributed by atoms with Crippen molar-refractivity contribution in [3.05, 3.63) is 57.2 Å². The van der Waals surface area contributed by atoms with Gasteiger partial charge in [-0.25, -0.2) is 9.90 Å². The molecule has 0 atom stereocenters. The number of nitrogens with zero attached hydrogens (tertiary/aromatic N) is 4. The smallest absolute Gasteiger partial charge is 0.285 e. The van der Waals surface area contributed by atoms with E-state index in [2.05, 4.69) is 10.4 Å². The lowest BCUT2D eigenvalue weighted by Gasteiger charge is -2.09. The first-order valence-corrected chi connectivity index (χ1v) is 7.97. The van der Waals surface area contributed by atoms with Gasteiger partial charge in [-0.15, -0.1) is 0 Å². The number of ether oxygens (including phenoxy) is 2. The molecule has 26 heavy (non-hydrogen) atoms. The van der Waals surface area contributed by atoms with Crippen molar-refractivity contribution in [1.29, 1.82) is 5.41 Å². The van der Waals surface area contributed by atoms with Crippen molar-refractivity contribution in [1.82, 2.24) is 19.1 Å². The van der Waals surface area contributed by atoms with Crippen molar-refractivity contribution in [2.75, 3.05) is 7.11 Å². The minimum absolute atomic E-state index is 0.191. The lowest BCUT2D eigenvalue weighted by Crippen LogP contribution is -2.51. The Morgan fingerprint density at radius 1 is 1.31 bits per heavy atom. The zero-order valence-corrected chi connectivity index (χ0v) is 14.5. The van der Waals surface area contributed by atoms with E-state index in [-0.39, 0.29) is 17.6 Å². The molecule has 0 unspecified atom stereocenters. The van der Waals surface area contributed by atoms with Gasteiger partial charge in [-0.05, 0) is 24.6 Å². The van der Waals surface area contributed by atoms with Crippen molar-refractivity contribution in [3.8, 4) is 11.6 Å². The van der Waals surface area contributed by atoms with Crippen LogP contribution >= 0.6 is 0 Å². The summed E-state index contributed by atoms with van der Waals surface area (Å²) >= 11 is 0. The molecule has 0 aliphatic carbocycles. The second-order valence-corrected chi connectivity index (χ2v) is 5.56. The maximum Gasteiger partial charge on any atom is 0.285 e. The van der Waals surface area contributed by atoms with E-state index < -0.39 is 5.56 Å². The van der Waals surface area contributed by atoms with Gasteiger partial charge in [0.05, 0.1) is 19.9 Å². The van der Waals surface area contributed by atoms with Gasteiger partial charge < -0.3 is 14.7 Å². The van der Waals surface area contributed by atoms with Crippen molar-refractivity contribution >= 4 is 0 Å². The molecule has 10 nitrogen and oxygen atoms in total. The maximum absolute atomic E-state index is 12.2. The Morgan fingerprint density at radius 3 is 2.65 bits per heavy atom. The van der Waals surface area contributed by atoms with Gasteiger partial charge in [0.1, 0.15) is 12.5 Å². The Labute approximate surface area is 148 Å². The zero-order chi connectivity index (χ0) is 18.7. The Kier molecular flexibility index (Phi) is 4.94. The van der Waals surface area contributed by atoms with Gasteiger partial charge in [-0.2, -0.15) is 0 Å². The van der Waals surface area contributed by atoms with Crippen LogP contribution in [-0.2, 0) is 24.6 Å². The average molecular weight is 360 g/mol. The van der Waals surface area contributed by atoms with Crippen molar-refractivity contribution in [3.63, 3.8) is 0 Å². The summed E-state index contributed by atoms with van der Waals surface area (Å²) in [5, 5.41) is 22.6. The van der Waals surface area contributed by atoms with E-state index in [1.807, 2.05) is 24.3 Å². The third-order valence-corrected chi connectivity index (χ3v) is 3.98. The molecule has 2 aliphatic heterocycles. The van der Waals surface area contributed by atoms with E-state index >= 15 is 0 Å². The van der Waals surface area contributed by atoms with Crippen molar-refractivity contribution in [2.24, 2.45) is 5.16 Å². The highest BCUT2D eigenvalue weighted by Gasteiger charge is 2.15. The van der Waals surface area contributed by atoms with Crippen LogP contribution in [0.5, 0.6) is 5.75 Å². The Morgan fingerprint density at radius 2 is 2.04 bits per heavy atom. The minimum atomic E-state index is -0.523. The molecule has 0 radical (unpaired) electrons. The Balaban J connectivity index is 1.83. The standard InChI is InChI=1S/C16H20N6O4/c1-3-21-13-8-20(19-22(13)15(17)14(18-24)16(21)23)10-26-9-11-4-6-12(25-2)7-5-11/h4-8,17,19,24H,3,9-10H2,1-2H3. The molecule has 138 valence electrons. The Hall–Kier alpha value is -3.27. The number of H-pyrrole nitrogens is 1. The first-order valence-electron chi connectivity index (χ1n) is 7.97. The topological polar surface area (TPSA) is 123 Å². The summed E-state index contributed by atoms with van der Waals surface area (Å²) in [6, 6.07) is 7.54. The largest absolute Gasteiger partial charge is 0.497 e. The highest BCUT2D eigenvalue weighted by atomic mass is 16.5. The molecule has 0 amide bonds. The predicted octanol–water partition coefficient (Wildman–Crippen LogP) is 0.179. The zero-order valence-electron chi connectivity index (χ0n) is 14.5. The van der Waals surface area contributed by atoms with Gasteiger partial charge in [0.15, 0.2) is 11.3 Å². The summed E-state index contributed by atoms with van der Waals surface area (Å²) in [5.41, 5.74) is 0.236. The van der Waals surface area contributed by atoms with E-state index in [0.717, 1.165) is 11.3 Å². The normalized spacial score (nSPS) is 12.0. The molecule has 0 saturated heterocycles. The fraction of sp³-hybridized carbons (Fsp3) is 0.312. The fourth-order valence-electron chi connectivity index (χ4n) is 2.65. The number of methoxy groups -OCH3 is 1. The molecular formula is C16H20N6O4. The van der Waals surface area contributed by atoms with E-state index in [1.165, 1.54) is 9.25 Å². The summed E-state index contributed by atoms with van der Waals surface area (Å²) in [6.45, 7) is 2.75. The summed E-state index contributed by atoms with van der Waals surface area (Å²) in [4.78, 5) is 12.2. The molecule has 10 heteroatoms. The molecular weight excluding hydrogens is 340 g/mol. The summed E-state index contributed by atoms with van der Waals surface area (Å²) < 4.78 is 15.1. The average Bonchev–Trinajstić information content (AvgIpc) is 3.07. The van der Waals surface area contributed by atoms with E-state index in [4.69, 9.17) is 20.1 Å². The van der Waals surface area contributed by atoms with Gasteiger partial charge in [0, 0.05) is 6.54 Å². The van der Waals surface area contributed by atoms with Gasteiger partial charge in [-0.1, -0.05) is 17.3 Å². The first-order chi connectivity index (χ1) is 12.6. The number of hydrogen-bond donors (Lipinski definition) is 3. The number of fused-ring (bicyclic) bond motifs is 1. The maximum atomic E-state index is 12.2. The first kappa shape index (κ1) is 17.5. The third-order valence-electron chi connectivity index (χ3n) is 3.98. The summed E-state index contributed by atoms with van der Waals surface area (Å²) in [7, 11) is 1.61. The molecule has 2 heterocycles. The lowest BCUT2D eigenvalue weighted by atomic mass is 10.2. The van der Waals surface area contributed by atoms with Gasteiger partial charge in [-0.3, -0.25) is 19.5 Å². The number of benzene rings is 1. The monoisotopic (exact) mass is 360 g/mol. The Bertz CT molecular complexity index is 1040. The second kappa shape index (κ2) is 7.31. The van der Waals surface area contributed by atoms with Gasteiger partial charge in [0.25, 0.3) is 5.56 Å². The highest BCUT2D eigenvalue weighted by molar-refractivity contribution is 5.26. The lowest BCUT2D eigenvalue weighted by molar-refractivity contribution is 0.0544. The molecule has 0 fully saturated rings. The van der Waals surface area contributed by atoms with Crippen LogP contribution in [0.15, 0.2) is 40.4 Å². The van der Waals surface area contributed by atoms with Crippen molar-refractivity contribution in [2.45, 2.75) is 26.8 Å². The van der Waals surface area contributed by atoms with Crippen LogP contribution in [0.4, 0.5) is 0 Å². The molecule has 0 bridgehead atoms. The molecule has 1 aromatic rings. The number of rotatable bonds is 6. The van der Waals surface area contributed by atoms with E-state index in [1.54, 1.807) is 24.9 Å². The van der Waals surface area contributed by atoms with E-state index in [0.29, 0.717) is 19.0 Å². The van der Waals surface area contributed by atoms with E-state index in [9.17, 15) is 4.79 Å². The second-order valence-electron chi connectivity index (χ2n) is 5.56. The van der Waals surface area contributed by atoms with Crippen molar-refractivity contribution < 1.29 is 14.7 Å². The van der Waals surface area contributed by atoms with Crippen LogP contribution in [0.2, 0.25) is 0 Å². The summed E-state index contributed by atoms with van der Waals surface area (Å²) in [6.07, 6.45) is 1.66. The van der Waals surface area contributed by atoms with Gasteiger partial charge >= 0.3 is 0 Å². The molecule has 0 aromatic heterocycles. The van der Waals surface area contributed by atoms with Crippen LogP contribution in [0.1, 0.15) is 12.5 Å². The molecule has 1 aromatic carbocycles. The number of aromatic amines is 1. The van der Waals surface area contributed by atoms with Crippen LogP contribution in [-0.4, -0.2) is 31.5 Å². The highest BCUT2D eigenvalue weighted by Crippen LogP contribution is 2.12. The number of hydrogen-bond acceptors (Lipinski definition) is 6. The SMILES string of the molecule is CCn1c2cn(COCc3ccc(OC)cc3)[nH]n-2c(=N)c(=NO)c1=O. The third kappa shape index (κ3) is 3.14.